The van der Waals surface area contributed by atoms with Crippen molar-refractivity contribution in [2.24, 2.45) is 5.14 Å². The van der Waals surface area contributed by atoms with Gasteiger partial charge in [-0.1, -0.05) is 6.92 Å². The summed E-state index contributed by atoms with van der Waals surface area (Å²) in [6.45, 7) is 7.37. The quantitative estimate of drug-likeness (QED) is 0.347. The molecule has 2 rings (SSSR count). The smallest absolute Gasteiger partial charge is 0.252 e. The number of likely N-dealkylation sites (N-methyl/N-ethyl adjacent to an activating group) is 1. The molecular formula is C15H27N3O5S4. The number of hydrogen-bond acceptors (Lipinski definition) is 8. The largest absolute Gasteiger partial charge is 0.385 e. The predicted molar refractivity (Wildman–Crippen MR) is 109 cm³/mol. The van der Waals surface area contributed by atoms with Gasteiger partial charge in [-0.2, -0.15) is 16.9 Å². The lowest BCUT2D eigenvalue weighted by molar-refractivity contribution is 0.113. The van der Waals surface area contributed by atoms with E-state index in [0.29, 0.717) is 43.0 Å². The zero-order valence-electron chi connectivity index (χ0n) is 15.9. The molecule has 2 N–H and O–H groups in total. The van der Waals surface area contributed by atoms with Crippen molar-refractivity contribution in [2.75, 3.05) is 33.4 Å². The maximum absolute atomic E-state index is 13.1. The van der Waals surface area contributed by atoms with Crippen LogP contribution < -0.4 is 5.14 Å². The number of primary sulfonamides is 1. The fourth-order valence-corrected chi connectivity index (χ4v) is 7.87. The first-order valence-corrected chi connectivity index (χ1v) is 12.7. The highest BCUT2D eigenvalue weighted by atomic mass is 32.3. The summed E-state index contributed by atoms with van der Waals surface area (Å²) in [7, 11) is -6.24. The SMILES string of the molecule is CCN([C@H]1CN(CCCOC)S(=O)(=O)c2sc(S(N)(=O)=O)cc21)C(C)(C)S. The Bertz CT molecular complexity index is 874. The van der Waals surface area contributed by atoms with E-state index >= 15 is 0 Å². The van der Waals surface area contributed by atoms with E-state index in [2.05, 4.69) is 12.6 Å². The van der Waals surface area contributed by atoms with Crippen LogP contribution in [0.3, 0.4) is 0 Å². The van der Waals surface area contributed by atoms with Crippen LogP contribution in [0, 0.1) is 0 Å². The van der Waals surface area contributed by atoms with Crippen LogP contribution in [-0.4, -0.2) is 64.3 Å². The summed E-state index contributed by atoms with van der Waals surface area (Å²) in [5, 5.41) is 5.26. The number of hydrogen-bond donors (Lipinski definition) is 2. The lowest BCUT2D eigenvalue weighted by Gasteiger charge is -2.44. The van der Waals surface area contributed by atoms with E-state index in [0.717, 1.165) is 0 Å². The molecule has 0 bridgehead atoms. The Kier molecular flexibility index (Phi) is 7.06. The molecule has 1 aromatic rings. The number of thiol groups is 1. The van der Waals surface area contributed by atoms with Gasteiger partial charge >= 0.3 is 0 Å². The molecule has 0 amide bonds. The molecule has 0 spiro atoms. The molecular weight excluding hydrogens is 430 g/mol. The first-order valence-electron chi connectivity index (χ1n) is 8.48. The molecule has 0 aromatic carbocycles. The second-order valence-corrected chi connectivity index (χ2v) is 12.9. The minimum atomic E-state index is -4.00. The number of fused-ring (bicyclic) bond motifs is 1. The molecule has 0 saturated heterocycles. The van der Waals surface area contributed by atoms with Crippen molar-refractivity contribution >= 4 is 44.0 Å². The van der Waals surface area contributed by atoms with Gasteiger partial charge < -0.3 is 4.74 Å². The minimum absolute atomic E-state index is 0.0382. The minimum Gasteiger partial charge on any atom is -0.385 e. The van der Waals surface area contributed by atoms with Crippen molar-refractivity contribution in [3.63, 3.8) is 0 Å². The van der Waals surface area contributed by atoms with Gasteiger partial charge in [0.25, 0.3) is 10.0 Å². The Morgan fingerprint density at radius 3 is 2.59 bits per heavy atom. The highest BCUT2D eigenvalue weighted by Crippen LogP contribution is 2.44. The first kappa shape index (κ1) is 23.1. The lowest BCUT2D eigenvalue weighted by atomic mass is 10.1. The number of nitrogens with zero attached hydrogens (tertiary/aromatic N) is 2. The van der Waals surface area contributed by atoms with Crippen LogP contribution in [0.5, 0.6) is 0 Å². The average Bonchev–Trinajstić information content (AvgIpc) is 2.97. The Balaban J connectivity index is 2.60. The molecule has 1 atom stereocenters. The van der Waals surface area contributed by atoms with E-state index in [4.69, 9.17) is 9.88 Å². The number of ether oxygens (including phenoxy) is 1. The third-order valence-corrected chi connectivity index (χ3v) is 9.69. The van der Waals surface area contributed by atoms with E-state index in [1.54, 1.807) is 7.11 Å². The molecule has 12 heteroatoms. The molecule has 2 heterocycles. The van der Waals surface area contributed by atoms with Crippen LogP contribution in [0.15, 0.2) is 14.5 Å². The normalized spacial score (nSPS) is 20.8. The standard InChI is InChI=1S/C15H27N3O5S4/c1-5-18(15(2,3)24)12-10-17(7-6-8-23-4)27(21,22)14-11(12)9-13(25-14)26(16,19)20/h9,12,24H,5-8,10H2,1-4H3,(H2,16,19,20)/t12-/m0/s1. The third kappa shape index (κ3) is 4.86. The van der Waals surface area contributed by atoms with Crippen molar-refractivity contribution in [3.05, 3.63) is 11.6 Å². The molecule has 0 unspecified atom stereocenters. The summed E-state index contributed by atoms with van der Waals surface area (Å²) < 4.78 is 56.1. The number of thiophene rings is 1. The topological polar surface area (TPSA) is 110 Å². The van der Waals surface area contributed by atoms with Crippen molar-refractivity contribution in [2.45, 2.75) is 46.5 Å². The van der Waals surface area contributed by atoms with E-state index in [1.807, 2.05) is 25.7 Å². The van der Waals surface area contributed by atoms with Gasteiger partial charge in [0.2, 0.25) is 10.0 Å². The third-order valence-electron chi connectivity index (χ3n) is 4.47. The maximum Gasteiger partial charge on any atom is 0.252 e. The van der Waals surface area contributed by atoms with Gasteiger partial charge in [0, 0.05) is 32.4 Å². The second-order valence-electron chi connectivity index (χ2n) is 6.86. The molecule has 8 nitrogen and oxygen atoms in total. The highest BCUT2D eigenvalue weighted by Gasteiger charge is 2.43. The van der Waals surface area contributed by atoms with Gasteiger partial charge in [0.1, 0.15) is 8.42 Å². The zero-order chi connectivity index (χ0) is 20.6. The van der Waals surface area contributed by atoms with Crippen LogP contribution >= 0.6 is 24.0 Å². The predicted octanol–water partition coefficient (Wildman–Crippen LogP) is 1.47. The van der Waals surface area contributed by atoms with Gasteiger partial charge in [0.15, 0.2) is 0 Å². The van der Waals surface area contributed by atoms with E-state index in [-0.39, 0.29) is 21.0 Å². The van der Waals surface area contributed by atoms with Crippen LogP contribution in [-0.2, 0) is 24.8 Å². The number of sulfonamides is 2. The molecule has 1 aromatic heterocycles. The van der Waals surface area contributed by atoms with E-state index < -0.39 is 24.9 Å². The summed E-state index contributed by atoms with van der Waals surface area (Å²) in [6, 6.07) is 1.07. The fourth-order valence-electron chi connectivity index (χ4n) is 3.30. The number of methoxy groups -OCH3 is 1. The molecule has 0 saturated carbocycles. The van der Waals surface area contributed by atoms with Crippen molar-refractivity contribution in [1.29, 1.82) is 0 Å². The van der Waals surface area contributed by atoms with Gasteiger partial charge in [-0.15, -0.1) is 11.3 Å². The zero-order valence-corrected chi connectivity index (χ0v) is 19.2. The van der Waals surface area contributed by atoms with Crippen LogP contribution in [0.2, 0.25) is 0 Å². The highest BCUT2D eigenvalue weighted by molar-refractivity contribution is 7.94. The van der Waals surface area contributed by atoms with Crippen LogP contribution in [0.4, 0.5) is 0 Å². The number of nitrogens with two attached hydrogens (primary N) is 1. The summed E-state index contributed by atoms with van der Waals surface area (Å²) >= 11 is 5.36. The van der Waals surface area contributed by atoms with Gasteiger partial charge in [-0.3, -0.25) is 4.90 Å². The summed E-state index contributed by atoms with van der Waals surface area (Å²) in [6.07, 6.45) is 0.543. The molecule has 1 aliphatic heterocycles. The number of rotatable bonds is 8. The lowest BCUT2D eigenvalue weighted by Crippen LogP contribution is -2.50. The molecule has 1 aliphatic rings. The van der Waals surface area contributed by atoms with E-state index in [1.165, 1.54) is 10.4 Å². The fraction of sp³-hybridized carbons (Fsp3) is 0.733. The van der Waals surface area contributed by atoms with Crippen LogP contribution in [0.1, 0.15) is 38.8 Å². The van der Waals surface area contributed by atoms with Crippen LogP contribution in [0.25, 0.3) is 0 Å². The molecule has 0 aliphatic carbocycles. The van der Waals surface area contributed by atoms with Crippen molar-refractivity contribution in [3.8, 4) is 0 Å². The van der Waals surface area contributed by atoms with Gasteiger partial charge in [-0.25, -0.2) is 22.0 Å². The Morgan fingerprint density at radius 1 is 1.48 bits per heavy atom. The van der Waals surface area contributed by atoms with Gasteiger partial charge in [0.05, 0.1) is 10.9 Å². The molecule has 156 valence electrons. The molecule has 27 heavy (non-hydrogen) atoms. The van der Waals surface area contributed by atoms with Gasteiger partial charge in [-0.05, 0) is 32.9 Å². The summed E-state index contributed by atoms with van der Waals surface area (Å²) in [5.74, 6) is 0. The summed E-state index contributed by atoms with van der Waals surface area (Å²) in [5.41, 5.74) is 0.469. The summed E-state index contributed by atoms with van der Waals surface area (Å²) in [4.78, 5) is 1.52. The Hall–Kier alpha value is -0.210. The first-order chi connectivity index (χ1) is 12.3. The van der Waals surface area contributed by atoms with Crippen molar-refractivity contribution < 1.29 is 21.6 Å². The van der Waals surface area contributed by atoms with E-state index in [9.17, 15) is 16.8 Å². The molecule has 0 radical (unpaired) electrons. The Labute approximate surface area is 171 Å². The van der Waals surface area contributed by atoms with Crippen molar-refractivity contribution in [1.82, 2.24) is 9.21 Å². The average molecular weight is 458 g/mol. The molecule has 0 fully saturated rings. The monoisotopic (exact) mass is 457 g/mol. The second kappa shape index (κ2) is 8.27. The maximum atomic E-state index is 13.1. The Morgan fingerprint density at radius 2 is 2.11 bits per heavy atom.